The molecule has 0 spiro atoms. The lowest BCUT2D eigenvalue weighted by atomic mass is 9.74. The molecule has 0 N–H and O–H groups in total. The van der Waals surface area contributed by atoms with Gasteiger partial charge in [0.1, 0.15) is 5.82 Å². The van der Waals surface area contributed by atoms with Crippen LogP contribution in [0.1, 0.15) is 78.3 Å². The first kappa shape index (κ1) is 17.5. The largest absolute Gasteiger partial charge is 0.205 e. The van der Waals surface area contributed by atoms with Gasteiger partial charge in [-0.05, 0) is 44.9 Å². The molecular formula is C20H29FS. The minimum Gasteiger partial charge on any atom is -0.205 e. The lowest BCUT2D eigenvalue weighted by molar-refractivity contribution is 0.493. The van der Waals surface area contributed by atoms with E-state index in [-0.39, 0.29) is 22.1 Å². The third kappa shape index (κ3) is 3.08. The van der Waals surface area contributed by atoms with E-state index in [1.807, 2.05) is 0 Å². The van der Waals surface area contributed by atoms with E-state index in [2.05, 4.69) is 74.4 Å². The molecule has 0 saturated carbocycles. The Morgan fingerprint density at radius 1 is 0.773 bits per heavy atom. The summed E-state index contributed by atoms with van der Waals surface area (Å²) in [7, 11) is 0. The van der Waals surface area contributed by atoms with Crippen LogP contribution in [-0.4, -0.2) is 0 Å². The summed E-state index contributed by atoms with van der Waals surface area (Å²) in [5.74, 6) is -0.0181. The Balaban J connectivity index is 2.90. The molecule has 22 heavy (non-hydrogen) atoms. The third-order valence-electron chi connectivity index (χ3n) is 4.05. The quantitative estimate of drug-likeness (QED) is 0.493. The highest BCUT2D eigenvalue weighted by atomic mass is 32.1. The molecule has 0 aliphatic heterocycles. The predicted octanol–water partition coefficient (Wildman–Crippen LogP) is 6.93. The van der Waals surface area contributed by atoms with Crippen LogP contribution >= 0.6 is 11.3 Å². The fraction of sp³-hybridized carbons (Fsp3) is 0.600. The summed E-state index contributed by atoms with van der Waals surface area (Å²) in [6.45, 7) is 19.4. The third-order valence-corrected chi connectivity index (χ3v) is 5.62. The monoisotopic (exact) mass is 320 g/mol. The van der Waals surface area contributed by atoms with E-state index in [1.54, 1.807) is 11.3 Å². The van der Waals surface area contributed by atoms with Crippen molar-refractivity contribution in [2.75, 3.05) is 0 Å². The van der Waals surface area contributed by atoms with Crippen LogP contribution in [0.15, 0.2) is 12.1 Å². The zero-order valence-corrected chi connectivity index (χ0v) is 16.3. The molecule has 1 aromatic carbocycles. The first-order valence-electron chi connectivity index (χ1n) is 8.00. The molecule has 0 aliphatic carbocycles. The number of rotatable bonds is 0. The molecule has 0 unspecified atom stereocenters. The molecule has 0 bridgehead atoms. The molecule has 2 heteroatoms. The topological polar surface area (TPSA) is 0 Å². The van der Waals surface area contributed by atoms with Gasteiger partial charge in [0.05, 0.1) is 4.70 Å². The minimum absolute atomic E-state index is 0.0181. The van der Waals surface area contributed by atoms with Crippen molar-refractivity contribution in [3.8, 4) is 0 Å². The van der Waals surface area contributed by atoms with Gasteiger partial charge < -0.3 is 0 Å². The number of halogens is 1. The SMILES string of the molecule is CC(C)(C)c1cc2cc(C(C)(C)C)c(C(C)(C)C)c(F)c2s1. The predicted molar refractivity (Wildman–Crippen MR) is 97.9 cm³/mol. The van der Waals surface area contributed by atoms with Crippen molar-refractivity contribution in [1.82, 2.24) is 0 Å². The van der Waals surface area contributed by atoms with Crippen LogP contribution in [0, 0.1) is 5.82 Å². The summed E-state index contributed by atoms with van der Waals surface area (Å²) >= 11 is 1.61. The highest BCUT2D eigenvalue weighted by Crippen LogP contribution is 2.43. The summed E-state index contributed by atoms with van der Waals surface area (Å²) in [4.78, 5) is 1.24. The van der Waals surface area contributed by atoms with Crippen molar-refractivity contribution in [2.45, 2.75) is 78.6 Å². The summed E-state index contributed by atoms with van der Waals surface area (Å²) in [6.07, 6.45) is 0. The Hall–Kier alpha value is -0.890. The van der Waals surface area contributed by atoms with Crippen LogP contribution in [0.25, 0.3) is 10.1 Å². The fourth-order valence-corrected chi connectivity index (χ4v) is 3.98. The van der Waals surface area contributed by atoms with Gasteiger partial charge in [0.15, 0.2) is 0 Å². The first-order valence-corrected chi connectivity index (χ1v) is 8.82. The zero-order valence-electron chi connectivity index (χ0n) is 15.4. The second kappa shape index (κ2) is 5.06. The van der Waals surface area contributed by atoms with Gasteiger partial charge in [0.25, 0.3) is 0 Å². The maximum absolute atomic E-state index is 15.4. The van der Waals surface area contributed by atoms with Gasteiger partial charge in [0, 0.05) is 4.88 Å². The van der Waals surface area contributed by atoms with Crippen LogP contribution in [0.5, 0.6) is 0 Å². The van der Waals surface area contributed by atoms with Gasteiger partial charge in [-0.15, -0.1) is 11.3 Å². The average molecular weight is 321 g/mol. The van der Waals surface area contributed by atoms with E-state index in [1.165, 1.54) is 4.88 Å². The van der Waals surface area contributed by atoms with Crippen molar-refractivity contribution in [3.63, 3.8) is 0 Å². The number of hydrogen-bond donors (Lipinski definition) is 0. The zero-order chi connectivity index (χ0) is 17.1. The number of hydrogen-bond acceptors (Lipinski definition) is 1. The molecule has 0 aliphatic rings. The molecule has 1 aromatic heterocycles. The standard InChI is InChI=1S/C20H29FS/c1-18(2,3)13-10-12-11-14(19(4,5)6)22-17(12)16(21)15(13)20(7,8)9/h10-11H,1-9H3. The smallest absolute Gasteiger partial charge is 0.145 e. The van der Waals surface area contributed by atoms with Crippen molar-refractivity contribution in [2.24, 2.45) is 0 Å². The maximum atomic E-state index is 15.4. The fourth-order valence-electron chi connectivity index (χ4n) is 2.84. The van der Waals surface area contributed by atoms with Crippen molar-refractivity contribution in [3.05, 3.63) is 34.0 Å². The molecule has 0 amide bonds. The summed E-state index contributed by atoms with van der Waals surface area (Å²) in [6, 6.07) is 4.38. The van der Waals surface area contributed by atoms with Crippen LogP contribution in [0.4, 0.5) is 4.39 Å². The molecular weight excluding hydrogens is 291 g/mol. The first-order chi connectivity index (χ1) is 9.73. The molecule has 1 heterocycles. The van der Waals surface area contributed by atoms with Crippen LogP contribution in [-0.2, 0) is 16.2 Å². The molecule has 2 rings (SSSR count). The Morgan fingerprint density at radius 3 is 1.73 bits per heavy atom. The Labute approximate surface area is 138 Å². The van der Waals surface area contributed by atoms with Gasteiger partial charge in [-0.25, -0.2) is 4.39 Å². The molecule has 0 saturated heterocycles. The van der Waals surface area contributed by atoms with Gasteiger partial charge in [-0.2, -0.15) is 0 Å². The number of fused-ring (bicyclic) bond motifs is 1. The van der Waals surface area contributed by atoms with E-state index >= 15 is 4.39 Å². The van der Waals surface area contributed by atoms with Crippen molar-refractivity contribution < 1.29 is 4.39 Å². The maximum Gasteiger partial charge on any atom is 0.145 e. The van der Waals surface area contributed by atoms with E-state index in [0.29, 0.717) is 0 Å². The molecule has 0 radical (unpaired) electrons. The molecule has 2 aromatic rings. The summed E-state index contributed by atoms with van der Waals surface area (Å²) in [5.41, 5.74) is 1.78. The van der Waals surface area contributed by atoms with Gasteiger partial charge in [0.2, 0.25) is 0 Å². The molecule has 0 nitrogen and oxygen atoms in total. The highest BCUT2D eigenvalue weighted by Gasteiger charge is 2.31. The van der Waals surface area contributed by atoms with Crippen LogP contribution < -0.4 is 0 Å². The lowest BCUT2D eigenvalue weighted by Crippen LogP contribution is -2.23. The van der Waals surface area contributed by atoms with Crippen LogP contribution in [0.2, 0.25) is 0 Å². The second-order valence-corrected chi connectivity index (χ2v) is 10.4. The minimum atomic E-state index is -0.202. The lowest BCUT2D eigenvalue weighted by Gasteiger charge is -2.30. The van der Waals surface area contributed by atoms with E-state index in [0.717, 1.165) is 21.2 Å². The molecule has 0 atom stereocenters. The second-order valence-electron chi connectivity index (χ2n) is 9.39. The van der Waals surface area contributed by atoms with Crippen molar-refractivity contribution >= 4 is 21.4 Å². The molecule has 122 valence electrons. The number of benzene rings is 1. The highest BCUT2D eigenvalue weighted by molar-refractivity contribution is 7.19. The normalized spacial score (nSPS) is 13.9. The van der Waals surface area contributed by atoms with Crippen LogP contribution in [0.3, 0.4) is 0 Å². The van der Waals surface area contributed by atoms with Gasteiger partial charge in [-0.1, -0.05) is 62.3 Å². The summed E-state index contributed by atoms with van der Waals surface area (Å²) in [5, 5.41) is 1.05. The summed E-state index contributed by atoms with van der Waals surface area (Å²) < 4.78 is 16.2. The van der Waals surface area contributed by atoms with E-state index in [9.17, 15) is 0 Å². The van der Waals surface area contributed by atoms with Gasteiger partial charge >= 0.3 is 0 Å². The Morgan fingerprint density at radius 2 is 1.32 bits per heavy atom. The van der Waals surface area contributed by atoms with E-state index in [4.69, 9.17) is 0 Å². The molecule has 0 fully saturated rings. The van der Waals surface area contributed by atoms with Crippen molar-refractivity contribution in [1.29, 1.82) is 0 Å². The Bertz CT molecular complexity index is 700. The van der Waals surface area contributed by atoms with Gasteiger partial charge in [-0.3, -0.25) is 0 Å². The number of thiophene rings is 1. The average Bonchev–Trinajstić information content (AvgIpc) is 2.69. The Kier molecular flexibility index (Phi) is 4.01. The van der Waals surface area contributed by atoms with E-state index < -0.39 is 0 Å².